The molecule has 0 fully saturated rings. The third-order valence-corrected chi connectivity index (χ3v) is 6.79. The van der Waals surface area contributed by atoms with Crippen LogP contribution in [0.3, 0.4) is 0 Å². The molecule has 0 unspecified atom stereocenters. The SMILES string of the molecule is Cc1ccc2n1CCN(S(=O)(=O)c1ccc(C(=O)NCC(F)(F)F)cc1)[C@@H]2C. The molecule has 1 aliphatic rings. The van der Waals surface area contributed by atoms with Crippen LogP contribution in [0.5, 0.6) is 0 Å². The average molecular weight is 415 g/mol. The Kier molecular flexibility index (Phi) is 5.28. The number of sulfonamides is 1. The van der Waals surface area contributed by atoms with Crippen molar-refractivity contribution in [3.63, 3.8) is 0 Å². The second-order valence-corrected chi connectivity index (χ2v) is 8.56. The Balaban J connectivity index is 1.78. The summed E-state index contributed by atoms with van der Waals surface area (Å²) in [6.45, 7) is 3.16. The quantitative estimate of drug-likeness (QED) is 0.835. The Labute approximate surface area is 161 Å². The Hall–Kier alpha value is -2.33. The maximum Gasteiger partial charge on any atom is 0.405 e. The maximum absolute atomic E-state index is 13.0. The van der Waals surface area contributed by atoms with Gasteiger partial charge in [0.1, 0.15) is 6.54 Å². The number of rotatable bonds is 4. The number of amides is 1. The molecule has 1 aromatic heterocycles. The van der Waals surface area contributed by atoms with Gasteiger partial charge in [0.2, 0.25) is 10.0 Å². The number of fused-ring (bicyclic) bond motifs is 1. The lowest BCUT2D eigenvalue weighted by Crippen LogP contribution is -2.41. The predicted molar refractivity (Wildman–Crippen MR) is 96.3 cm³/mol. The van der Waals surface area contributed by atoms with Crippen molar-refractivity contribution in [1.29, 1.82) is 0 Å². The Morgan fingerprint density at radius 2 is 1.79 bits per heavy atom. The first-order chi connectivity index (χ1) is 13.0. The maximum atomic E-state index is 13.0. The number of nitrogens with zero attached hydrogens (tertiary/aromatic N) is 2. The monoisotopic (exact) mass is 415 g/mol. The Morgan fingerprint density at radius 1 is 1.14 bits per heavy atom. The molecule has 1 atom stereocenters. The van der Waals surface area contributed by atoms with Crippen molar-refractivity contribution in [3.8, 4) is 0 Å². The van der Waals surface area contributed by atoms with E-state index in [1.165, 1.54) is 28.6 Å². The second kappa shape index (κ2) is 7.25. The van der Waals surface area contributed by atoms with Gasteiger partial charge in [-0.2, -0.15) is 17.5 Å². The van der Waals surface area contributed by atoms with Crippen LogP contribution in [0, 0.1) is 6.92 Å². The van der Waals surface area contributed by atoms with Crippen LogP contribution in [0.2, 0.25) is 0 Å². The summed E-state index contributed by atoms with van der Waals surface area (Å²) in [5.74, 6) is -0.916. The molecule has 1 aliphatic heterocycles. The van der Waals surface area contributed by atoms with E-state index in [0.717, 1.165) is 11.4 Å². The summed E-state index contributed by atoms with van der Waals surface area (Å²) in [6, 6.07) is 8.38. The molecule has 0 saturated heterocycles. The smallest absolute Gasteiger partial charge is 0.346 e. The first kappa shape index (κ1) is 20.4. The molecule has 2 aromatic rings. The fraction of sp³-hybridized carbons (Fsp3) is 0.389. The van der Waals surface area contributed by atoms with Crippen molar-refractivity contribution in [2.75, 3.05) is 13.1 Å². The molecule has 3 rings (SSSR count). The summed E-state index contributed by atoms with van der Waals surface area (Å²) < 4.78 is 66.1. The zero-order chi connectivity index (χ0) is 20.7. The molecule has 10 heteroatoms. The Bertz CT molecular complexity index is 982. The minimum atomic E-state index is -4.51. The zero-order valence-corrected chi connectivity index (χ0v) is 16.1. The molecule has 0 saturated carbocycles. The summed E-state index contributed by atoms with van der Waals surface area (Å²) in [4.78, 5) is 11.8. The van der Waals surface area contributed by atoms with Gasteiger partial charge in [-0.3, -0.25) is 4.79 Å². The average Bonchev–Trinajstić information content (AvgIpc) is 3.01. The van der Waals surface area contributed by atoms with Gasteiger partial charge < -0.3 is 9.88 Å². The fourth-order valence-electron chi connectivity index (χ4n) is 3.32. The minimum absolute atomic E-state index is 0.0107. The summed E-state index contributed by atoms with van der Waals surface area (Å²) in [5, 5.41) is 1.75. The number of benzene rings is 1. The van der Waals surface area contributed by atoms with Crippen molar-refractivity contribution in [2.45, 2.75) is 37.5 Å². The van der Waals surface area contributed by atoms with E-state index in [4.69, 9.17) is 0 Å². The van der Waals surface area contributed by atoms with E-state index >= 15 is 0 Å². The predicted octanol–water partition coefficient (Wildman–Crippen LogP) is 2.85. The molecular formula is C18H20F3N3O3S. The first-order valence-corrected chi connectivity index (χ1v) is 10.1. The van der Waals surface area contributed by atoms with Crippen molar-refractivity contribution in [2.24, 2.45) is 0 Å². The first-order valence-electron chi connectivity index (χ1n) is 8.63. The van der Waals surface area contributed by atoms with E-state index in [1.54, 1.807) is 12.2 Å². The van der Waals surface area contributed by atoms with Crippen LogP contribution in [0.15, 0.2) is 41.3 Å². The van der Waals surface area contributed by atoms with Gasteiger partial charge in [-0.25, -0.2) is 8.42 Å². The van der Waals surface area contributed by atoms with E-state index in [9.17, 15) is 26.4 Å². The van der Waals surface area contributed by atoms with Gasteiger partial charge in [-0.1, -0.05) is 0 Å². The highest BCUT2D eigenvalue weighted by Crippen LogP contribution is 2.32. The number of carbonyl (C=O) groups is 1. The van der Waals surface area contributed by atoms with Gasteiger partial charge in [0.25, 0.3) is 5.91 Å². The standard InChI is InChI=1S/C18H20F3N3O3S/c1-12-3-8-16-13(2)24(10-9-23(12)16)28(26,27)15-6-4-14(5-7-15)17(25)22-11-18(19,20)21/h3-8,13H,9-11H2,1-2H3,(H,22,25)/t13-/m1/s1. The highest BCUT2D eigenvalue weighted by molar-refractivity contribution is 7.89. The van der Waals surface area contributed by atoms with Gasteiger partial charge in [0, 0.05) is 30.0 Å². The molecule has 0 bridgehead atoms. The molecule has 1 N–H and O–H groups in total. The van der Waals surface area contributed by atoms with Gasteiger partial charge in [0.15, 0.2) is 0 Å². The van der Waals surface area contributed by atoms with Crippen LogP contribution in [0.4, 0.5) is 13.2 Å². The van der Waals surface area contributed by atoms with Crippen molar-refractivity contribution >= 4 is 15.9 Å². The van der Waals surface area contributed by atoms with Crippen molar-refractivity contribution in [3.05, 3.63) is 53.3 Å². The molecule has 1 aromatic carbocycles. The summed E-state index contributed by atoms with van der Waals surface area (Å²) in [5.41, 5.74) is 1.92. The van der Waals surface area contributed by atoms with Crippen LogP contribution in [-0.4, -0.2) is 42.5 Å². The van der Waals surface area contributed by atoms with E-state index in [1.807, 2.05) is 19.1 Å². The number of aromatic nitrogens is 1. The van der Waals surface area contributed by atoms with Gasteiger partial charge in [-0.05, 0) is 50.2 Å². The highest BCUT2D eigenvalue weighted by atomic mass is 32.2. The summed E-state index contributed by atoms with van der Waals surface area (Å²) >= 11 is 0. The van der Waals surface area contributed by atoms with Crippen molar-refractivity contribution < 1.29 is 26.4 Å². The van der Waals surface area contributed by atoms with Gasteiger partial charge >= 0.3 is 6.18 Å². The van der Waals surface area contributed by atoms with E-state index in [-0.39, 0.29) is 16.5 Å². The molecule has 0 spiro atoms. The molecule has 2 heterocycles. The van der Waals surface area contributed by atoms with Crippen LogP contribution >= 0.6 is 0 Å². The number of hydrogen-bond donors (Lipinski definition) is 1. The van der Waals surface area contributed by atoms with Crippen LogP contribution in [-0.2, 0) is 16.6 Å². The third-order valence-electron chi connectivity index (χ3n) is 4.81. The van der Waals surface area contributed by atoms with E-state index in [2.05, 4.69) is 4.57 Å². The molecule has 152 valence electrons. The largest absolute Gasteiger partial charge is 0.405 e. The highest BCUT2D eigenvalue weighted by Gasteiger charge is 2.34. The van der Waals surface area contributed by atoms with Crippen LogP contribution < -0.4 is 5.32 Å². The number of aryl methyl sites for hydroxylation is 1. The Morgan fingerprint density at radius 3 is 2.39 bits per heavy atom. The molecule has 28 heavy (non-hydrogen) atoms. The molecule has 0 radical (unpaired) electrons. The number of alkyl halides is 3. The summed E-state index contributed by atoms with van der Waals surface area (Å²) in [7, 11) is -3.81. The number of halogens is 3. The number of nitrogens with one attached hydrogen (secondary N) is 1. The normalized spacial score (nSPS) is 18.0. The molecule has 6 nitrogen and oxygen atoms in total. The molecule has 1 amide bonds. The third kappa shape index (κ3) is 3.93. The van der Waals surface area contributed by atoms with E-state index < -0.39 is 28.7 Å². The van der Waals surface area contributed by atoms with Gasteiger partial charge in [0.05, 0.1) is 10.9 Å². The molecular weight excluding hydrogens is 395 g/mol. The lowest BCUT2D eigenvalue weighted by atomic mass is 10.2. The topological polar surface area (TPSA) is 71.4 Å². The fourth-order valence-corrected chi connectivity index (χ4v) is 4.92. The van der Waals surface area contributed by atoms with Crippen LogP contribution in [0.25, 0.3) is 0 Å². The lowest BCUT2D eigenvalue weighted by Gasteiger charge is -2.34. The van der Waals surface area contributed by atoms with E-state index in [0.29, 0.717) is 13.1 Å². The minimum Gasteiger partial charge on any atom is -0.346 e. The second-order valence-electron chi connectivity index (χ2n) is 6.67. The number of hydrogen-bond acceptors (Lipinski definition) is 3. The van der Waals surface area contributed by atoms with Gasteiger partial charge in [-0.15, -0.1) is 0 Å². The number of carbonyl (C=O) groups excluding carboxylic acids is 1. The van der Waals surface area contributed by atoms with Crippen molar-refractivity contribution in [1.82, 2.24) is 14.2 Å². The molecule has 0 aliphatic carbocycles. The summed E-state index contributed by atoms with van der Waals surface area (Å²) in [6.07, 6.45) is -4.51. The lowest BCUT2D eigenvalue weighted by molar-refractivity contribution is -0.123. The zero-order valence-electron chi connectivity index (χ0n) is 15.3. The van der Waals surface area contributed by atoms with Crippen LogP contribution in [0.1, 0.15) is 34.7 Å².